The fourth-order valence-electron chi connectivity index (χ4n) is 2.62. The highest BCUT2D eigenvalue weighted by Gasteiger charge is 2.26. The van der Waals surface area contributed by atoms with Crippen LogP contribution in [0.5, 0.6) is 0 Å². The lowest BCUT2D eigenvalue weighted by atomic mass is 9.89. The van der Waals surface area contributed by atoms with E-state index in [1.807, 2.05) is 0 Å². The van der Waals surface area contributed by atoms with Crippen LogP contribution in [0.4, 0.5) is 0 Å². The Kier molecular flexibility index (Phi) is 10.3. The van der Waals surface area contributed by atoms with Crippen LogP contribution in [0.1, 0.15) is 23.2 Å². The third kappa shape index (κ3) is 6.03. The smallest absolute Gasteiger partial charge is 0.166 e. The molecule has 1 saturated heterocycles. The van der Waals surface area contributed by atoms with Crippen molar-refractivity contribution in [3.63, 3.8) is 0 Å². The lowest BCUT2D eigenvalue weighted by Crippen LogP contribution is -2.44. The Balaban J connectivity index is 0.00000220. The number of benzene rings is 1. The number of carbonyl (C=O) groups excluding carboxylic acids is 1. The van der Waals surface area contributed by atoms with E-state index in [0.29, 0.717) is 11.6 Å². The van der Waals surface area contributed by atoms with Crippen molar-refractivity contribution in [3.8, 4) is 0 Å². The van der Waals surface area contributed by atoms with E-state index in [4.69, 9.17) is 22.4 Å². The van der Waals surface area contributed by atoms with Gasteiger partial charge in [-0.15, -0.1) is 24.8 Å². The van der Waals surface area contributed by atoms with E-state index in [1.165, 1.54) is 0 Å². The minimum atomic E-state index is -0.196. The minimum absolute atomic E-state index is 0. The van der Waals surface area contributed by atoms with Crippen LogP contribution < -0.4 is 5.73 Å². The highest BCUT2D eigenvalue weighted by Crippen LogP contribution is 2.22. The minimum Gasteiger partial charge on any atom is -0.395 e. The molecule has 2 rings (SSSR count). The topological polar surface area (TPSA) is 66.6 Å². The number of aliphatic hydroxyl groups is 1. The van der Waals surface area contributed by atoms with Crippen molar-refractivity contribution in [2.75, 3.05) is 26.2 Å². The zero-order valence-corrected chi connectivity index (χ0v) is 14.7. The van der Waals surface area contributed by atoms with E-state index in [1.54, 1.807) is 24.3 Å². The second-order valence-corrected chi connectivity index (χ2v) is 5.83. The number of carbonyl (C=O) groups is 1. The predicted molar refractivity (Wildman–Crippen MR) is 94.5 cm³/mol. The average molecular weight is 370 g/mol. The summed E-state index contributed by atoms with van der Waals surface area (Å²) in [6, 6.07) is 6.89. The van der Waals surface area contributed by atoms with Gasteiger partial charge in [-0.1, -0.05) is 11.6 Å². The molecule has 0 bridgehead atoms. The maximum Gasteiger partial charge on any atom is 0.166 e. The summed E-state index contributed by atoms with van der Waals surface area (Å²) in [4.78, 5) is 14.6. The van der Waals surface area contributed by atoms with Crippen molar-refractivity contribution >= 4 is 42.2 Å². The first-order valence-electron chi connectivity index (χ1n) is 6.98. The SMILES string of the molecule is Cl.Cl.NC(CO)CN1CCC(C(=O)c2ccc(Cl)cc2)CC1. The summed E-state index contributed by atoms with van der Waals surface area (Å²) in [5, 5.41) is 9.61. The second-order valence-electron chi connectivity index (χ2n) is 5.39. The van der Waals surface area contributed by atoms with Crippen LogP contribution in [0, 0.1) is 5.92 Å². The van der Waals surface area contributed by atoms with Crippen LogP contribution in [0.2, 0.25) is 5.02 Å². The van der Waals surface area contributed by atoms with Gasteiger partial charge in [0.05, 0.1) is 6.61 Å². The quantitative estimate of drug-likeness (QED) is 0.782. The molecule has 7 heteroatoms. The molecule has 4 nitrogen and oxygen atoms in total. The van der Waals surface area contributed by atoms with Gasteiger partial charge in [0.25, 0.3) is 0 Å². The monoisotopic (exact) mass is 368 g/mol. The Morgan fingerprint density at radius 3 is 2.32 bits per heavy atom. The van der Waals surface area contributed by atoms with Gasteiger partial charge in [0.1, 0.15) is 0 Å². The Labute approximate surface area is 148 Å². The predicted octanol–water partition coefficient (Wildman–Crippen LogP) is 2.40. The Hall–Kier alpha value is -0.360. The molecule has 0 spiro atoms. The number of nitrogens with zero attached hydrogens (tertiary/aromatic N) is 1. The highest BCUT2D eigenvalue weighted by atomic mass is 35.5. The summed E-state index contributed by atoms with van der Waals surface area (Å²) in [6.45, 7) is 2.41. The number of piperidine rings is 1. The molecule has 0 aromatic heterocycles. The zero-order chi connectivity index (χ0) is 14.5. The largest absolute Gasteiger partial charge is 0.395 e. The number of rotatable bonds is 5. The molecule has 22 heavy (non-hydrogen) atoms. The molecule has 0 radical (unpaired) electrons. The van der Waals surface area contributed by atoms with E-state index in [2.05, 4.69) is 4.90 Å². The van der Waals surface area contributed by atoms with Crippen LogP contribution in [0.15, 0.2) is 24.3 Å². The molecule has 1 unspecified atom stereocenters. The van der Waals surface area contributed by atoms with Gasteiger partial charge in [0.15, 0.2) is 5.78 Å². The summed E-state index contributed by atoms with van der Waals surface area (Å²) in [6.07, 6.45) is 1.69. The van der Waals surface area contributed by atoms with Gasteiger partial charge < -0.3 is 15.7 Å². The van der Waals surface area contributed by atoms with Crippen LogP contribution in [0.25, 0.3) is 0 Å². The maximum absolute atomic E-state index is 12.4. The van der Waals surface area contributed by atoms with Gasteiger partial charge in [-0.3, -0.25) is 4.79 Å². The first kappa shape index (κ1) is 21.6. The standard InChI is InChI=1S/C15H21ClN2O2.2ClH/c16-13-3-1-11(2-4-13)15(20)12-5-7-18(8-6-12)9-14(17)10-19;;/h1-4,12,14,19H,5-10,17H2;2*1H. The Morgan fingerprint density at radius 2 is 1.82 bits per heavy atom. The van der Waals surface area contributed by atoms with E-state index in [9.17, 15) is 4.79 Å². The lowest BCUT2D eigenvalue weighted by Gasteiger charge is -2.32. The molecule has 1 atom stereocenters. The van der Waals surface area contributed by atoms with Crippen molar-refractivity contribution in [1.82, 2.24) is 4.90 Å². The van der Waals surface area contributed by atoms with Gasteiger partial charge in [-0.25, -0.2) is 0 Å². The van der Waals surface area contributed by atoms with Crippen LogP contribution in [0.3, 0.4) is 0 Å². The summed E-state index contributed by atoms with van der Waals surface area (Å²) >= 11 is 5.83. The summed E-state index contributed by atoms with van der Waals surface area (Å²) < 4.78 is 0. The molecule has 1 aromatic carbocycles. The second kappa shape index (κ2) is 10.4. The van der Waals surface area contributed by atoms with E-state index in [0.717, 1.165) is 31.5 Å². The maximum atomic E-state index is 12.4. The molecule has 3 N–H and O–H groups in total. The first-order chi connectivity index (χ1) is 9.60. The zero-order valence-electron chi connectivity index (χ0n) is 12.3. The molecule has 126 valence electrons. The molecule has 0 amide bonds. The number of Topliss-reactive ketones (excluding diaryl/α,β-unsaturated/α-hetero) is 1. The molecular formula is C15H23Cl3N2O2. The molecule has 0 aliphatic carbocycles. The summed E-state index contributed by atoms with van der Waals surface area (Å²) in [5.41, 5.74) is 6.47. The van der Waals surface area contributed by atoms with Crippen LogP contribution in [-0.4, -0.2) is 48.1 Å². The number of nitrogens with two attached hydrogens (primary N) is 1. The van der Waals surface area contributed by atoms with Gasteiger partial charge in [0.2, 0.25) is 0 Å². The summed E-state index contributed by atoms with van der Waals surface area (Å²) in [7, 11) is 0. The molecule has 0 saturated carbocycles. The van der Waals surface area contributed by atoms with Crippen molar-refractivity contribution < 1.29 is 9.90 Å². The van der Waals surface area contributed by atoms with Crippen LogP contribution >= 0.6 is 36.4 Å². The molecule has 1 aromatic rings. The number of likely N-dealkylation sites (tertiary alicyclic amines) is 1. The Bertz CT molecular complexity index is 449. The normalized spacial score (nSPS) is 17.2. The molecule has 1 heterocycles. The van der Waals surface area contributed by atoms with Gasteiger partial charge in [0, 0.05) is 29.1 Å². The van der Waals surface area contributed by atoms with Gasteiger partial charge in [-0.05, 0) is 50.2 Å². The average Bonchev–Trinajstić information content (AvgIpc) is 2.48. The fourth-order valence-corrected chi connectivity index (χ4v) is 2.74. The fraction of sp³-hybridized carbons (Fsp3) is 0.533. The third-order valence-corrected chi connectivity index (χ3v) is 4.07. The van der Waals surface area contributed by atoms with E-state index in [-0.39, 0.29) is 49.2 Å². The molecular weight excluding hydrogens is 347 g/mol. The highest BCUT2D eigenvalue weighted by molar-refractivity contribution is 6.30. The van der Waals surface area contributed by atoms with Gasteiger partial charge in [-0.2, -0.15) is 0 Å². The number of halogens is 3. The molecule has 1 aliphatic rings. The number of hydrogen-bond donors (Lipinski definition) is 2. The molecule has 1 fully saturated rings. The van der Waals surface area contributed by atoms with Crippen molar-refractivity contribution in [2.45, 2.75) is 18.9 Å². The van der Waals surface area contributed by atoms with Crippen LogP contribution in [-0.2, 0) is 0 Å². The Morgan fingerprint density at radius 1 is 1.27 bits per heavy atom. The number of ketones is 1. The van der Waals surface area contributed by atoms with Crippen molar-refractivity contribution in [3.05, 3.63) is 34.9 Å². The summed E-state index contributed by atoms with van der Waals surface area (Å²) in [5.74, 6) is 0.283. The van der Waals surface area contributed by atoms with E-state index < -0.39 is 0 Å². The lowest BCUT2D eigenvalue weighted by molar-refractivity contribution is 0.0827. The van der Waals surface area contributed by atoms with Crippen molar-refractivity contribution in [1.29, 1.82) is 0 Å². The number of hydrogen-bond acceptors (Lipinski definition) is 4. The third-order valence-electron chi connectivity index (χ3n) is 3.81. The molecule has 1 aliphatic heterocycles. The van der Waals surface area contributed by atoms with Gasteiger partial charge >= 0.3 is 0 Å². The number of aliphatic hydroxyl groups excluding tert-OH is 1. The van der Waals surface area contributed by atoms with E-state index >= 15 is 0 Å². The first-order valence-corrected chi connectivity index (χ1v) is 7.36. The van der Waals surface area contributed by atoms with Crippen molar-refractivity contribution in [2.24, 2.45) is 11.7 Å².